The minimum atomic E-state index is 0.275. The molecule has 0 bridgehead atoms. The molecule has 0 heterocycles. The van der Waals surface area contributed by atoms with Crippen LogP contribution in [0.5, 0.6) is 0 Å². The van der Waals surface area contributed by atoms with Crippen LogP contribution in [0.25, 0.3) is 0 Å². The van der Waals surface area contributed by atoms with E-state index in [1.165, 1.54) is 0 Å². The van der Waals surface area contributed by atoms with Crippen molar-refractivity contribution in [2.24, 2.45) is 5.73 Å². The zero-order valence-electron chi connectivity index (χ0n) is 9.88. The van der Waals surface area contributed by atoms with Gasteiger partial charge >= 0.3 is 0 Å². The van der Waals surface area contributed by atoms with Gasteiger partial charge in [0.25, 0.3) is 0 Å². The largest absolute Gasteiger partial charge is 0.388 e. The predicted octanol–water partition coefficient (Wildman–Crippen LogP) is 0.584. The van der Waals surface area contributed by atoms with Crippen LogP contribution in [0.3, 0.4) is 0 Å². The van der Waals surface area contributed by atoms with Crippen LogP contribution in [0.15, 0.2) is 0 Å². The molecule has 0 saturated carbocycles. The van der Waals surface area contributed by atoms with Crippen LogP contribution in [-0.2, 0) is 0 Å². The lowest BCUT2D eigenvalue weighted by Crippen LogP contribution is -2.34. The standard InChI is InChI=1S/C10H24N4/c1-9(8-10(11)12)14(4)7-5-6-13(2)3/h9H,5-8H2,1-4H3,(H3,11,12). The van der Waals surface area contributed by atoms with E-state index in [0.717, 1.165) is 19.5 Å². The molecule has 0 aliphatic rings. The molecule has 4 heteroatoms. The summed E-state index contributed by atoms with van der Waals surface area (Å²) < 4.78 is 0. The van der Waals surface area contributed by atoms with Crippen LogP contribution in [-0.4, -0.2) is 55.9 Å². The molecule has 1 atom stereocenters. The average Bonchev–Trinajstić information content (AvgIpc) is 2.01. The average molecular weight is 200 g/mol. The van der Waals surface area contributed by atoms with Gasteiger partial charge in [0.15, 0.2) is 0 Å². The highest BCUT2D eigenvalue weighted by Gasteiger charge is 2.09. The molecular formula is C10H24N4. The summed E-state index contributed by atoms with van der Waals surface area (Å²) in [5, 5.41) is 7.21. The number of nitrogens with zero attached hydrogens (tertiary/aromatic N) is 2. The van der Waals surface area contributed by atoms with Crippen molar-refractivity contribution in [1.82, 2.24) is 9.80 Å². The van der Waals surface area contributed by atoms with E-state index < -0.39 is 0 Å². The molecule has 0 aliphatic heterocycles. The van der Waals surface area contributed by atoms with Crippen LogP contribution in [0, 0.1) is 5.41 Å². The summed E-state index contributed by atoms with van der Waals surface area (Å²) in [6.07, 6.45) is 1.82. The van der Waals surface area contributed by atoms with E-state index in [0.29, 0.717) is 12.5 Å². The monoisotopic (exact) mass is 200 g/mol. The predicted molar refractivity (Wildman–Crippen MR) is 61.8 cm³/mol. The van der Waals surface area contributed by atoms with Crippen LogP contribution in [0.1, 0.15) is 19.8 Å². The van der Waals surface area contributed by atoms with Gasteiger partial charge in [-0.15, -0.1) is 0 Å². The summed E-state index contributed by atoms with van der Waals surface area (Å²) in [6.45, 7) is 4.28. The summed E-state index contributed by atoms with van der Waals surface area (Å²) in [4.78, 5) is 4.44. The Morgan fingerprint density at radius 3 is 2.29 bits per heavy atom. The van der Waals surface area contributed by atoms with Crippen LogP contribution >= 0.6 is 0 Å². The first-order valence-electron chi connectivity index (χ1n) is 5.11. The smallest absolute Gasteiger partial charge is 0.0920 e. The number of rotatable bonds is 7. The molecule has 0 aromatic heterocycles. The molecule has 0 fully saturated rings. The van der Waals surface area contributed by atoms with Crippen molar-refractivity contribution in [2.45, 2.75) is 25.8 Å². The minimum absolute atomic E-state index is 0.275. The van der Waals surface area contributed by atoms with Crippen molar-refractivity contribution in [2.75, 3.05) is 34.2 Å². The van der Waals surface area contributed by atoms with Crippen LogP contribution in [0.4, 0.5) is 0 Å². The van der Waals surface area contributed by atoms with Crippen LogP contribution < -0.4 is 5.73 Å². The number of amidine groups is 1. The lowest BCUT2D eigenvalue weighted by molar-refractivity contribution is 0.246. The lowest BCUT2D eigenvalue weighted by atomic mass is 10.2. The first-order valence-corrected chi connectivity index (χ1v) is 5.11. The van der Waals surface area contributed by atoms with Gasteiger partial charge in [-0.25, -0.2) is 0 Å². The van der Waals surface area contributed by atoms with E-state index in [4.69, 9.17) is 11.1 Å². The van der Waals surface area contributed by atoms with Crippen molar-refractivity contribution < 1.29 is 0 Å². The lowest BCUT2D eigenvalue weighted by Gasteiger charge is -2.24. The maximum Gasteiger partial charge on any atom is 0.0920 e. The third kappa shape index (κ3) is 6.86. The van der Waals surface area contributed by atoms with Gasteiger partial charge < -0.3 is 15.5 Å². The van der Waals surface area contributed by atoms with Crippen molar-refractivity contribution >= 4 is 5.84 Å². The van der Waals surface area contributed by atoms with E-state index in [1.807, 2.05) is 0 Å². The molecule has 0 aromatic rings. The second-order valence-corrected chi connectivity index (χ2v) is 4.22. The summed E-state index contributed by atoms with van der Waals surface area (Å²) in [6, 6.07) is 0.370. The van der Waals surface area contributed by atoms with Gasteiger partial charge in [-0.1, -0.05) is 0 Å². The topological polar surface area (TPSA) is 56.4 Å². The third-order valence-corrected chi connectivity index (χ3v) is 2.38. The van der Waals surface area contributed by atoms with Crippen molar-refractivity contribution in [3.8, 4) is 0 Å². The maximum atomic E-state index is 7.21. The number of nitrogens with one attached hydrogen (secondary N) is 1. The molecule has 0 saturated heterocycles. The number of nitrogens with two attached hydrogens (primary N) is 1. The highest BCUT2D eigenvalue weighted by atomic mass is 15.1. The Morgan fingerprint density at radius 1 is 1.29 bits per heavy atom. The second-order valence-electron chi connectivity index (χ2n) is 4.22. The van der Waals surface area contributed by atoms with Gasteiger partial charge in [0.05, 0.1) is 5.84 Å². The highest BCUT2D eigenvalue weighted by Crippen LogP contribution is 2.01. The zero-order chi connectivity index (χ0) is 11.1. The van der Waals surface area contributed by atoms with E-state index in [2.05, 4.69) is 37.9 Å². The Morgan fingerprint density at radius 2 is 1.86 bits per heavy atom. The molecule has 14 heavy (non-hydrogen) atoms. The van der Waals surface area contributed by atoms with Gasteiger partial charge in [-0.2, -0.15) is 0 Å². The second kappa shape index (κ2) is 6.79. The Balaban J connectivity index is 3.61. The summed E-state index contributed by atoms with van der Waals surface area (Å²) in [5.41, 5.74) is 5.36. The van der Waals surface area contributed by atoms with E-state index in [-0.39, 0.29) is 5.84 Å². The van der Waals surface area contributed by atoms with Gasteiger partial charge in [0.2, 0.25) is 0 Å². The fourth-order valence-corrected chi connectivity index (χ4v) is 1.33. The molecule has 0 aromatic carbocycles. The summed E-state index contributed by atoms with van der Waals surface area (Å²) in [5.74, 6) is 0.275. The first kappa shape index (κ1) is 13.4. The normalized spacial score (nSPS) is 13.6. The quantitative estimate of drug-likeness (QED) is 0.467. The zero-order valence-corrected chi connectivity index (χ0v) is 9.88. The number of hydrogen-bond acceptors (Lipinski definition) is 3. The van der Waals surface area contributed by atoms with Crippen molar-refractivity contribution in [1.29, 1.82) is 5.41 Å². The molecular weight excluding hydrogens is 176 g/mol. The summed E-state index contributed by atoms with van der Waals surface area (Å²) >= 11 is 0. The third-order valence-electron chi connectivity index (χ3n) is 2.38. The fraction of sp³-hybridized carbons (Fsp3) is 0.900. The van der Waals surface area contributed by atoms with E-state index in [1.54, 1.807) is 0 Å². The van der Waals surface area contributed by atoms with Gasteiger partial charge in [-0.05, 0) is 47.6 Å². The van der Waals surface area contributed by atoms with Crippen molar-refractivity contribution in [3.63, 3.8) is 0 Å². The van der Waals surface area contributed by atoms with Gasteiger partial charge in [0, 0.05) is 12.5 Å². The molecule has 0 radical (unpaired) electrons. The molecule has 0 rings (SSSR count). The Bertz CT molecular complexity index is 168. The van der Waals surface area contributed by atoms with Gasteiger partial charge in [-0.3, -0.25) is 5.41 Å². The Hall–Kier alpha value is -0.610. The molecule has 4 nitrogen and oxygen atoms in total. The minimum Gasteiger partial charge on any atom is -0.388 e. The fourth-order valence-electron chi connectivity index (χ4n) is 1.33. The van der Waals surface area contributed by atoms with E-state index >= 15 is 0 Å². The Kier molecular flexibility index (Phi) is 6.49. The first-order chi connectivity index (χ1) is 6.43. The molecule has 84 valence electrons. The molecule has 0 amide bonds. The summed E-state index contributed by atoms with van der Waals surface area (Å²) in [7, 11) is 6.25. The van der Waals surface area contributed by atoms with Crippen molar-refractivity contribution in [3.05, 3.63) is 0 Å². The maximum absolute atomic E-state index is 7.21. The van der Waals surface area contributed by atoms with E-state index in [9.17, 15) is 0 Å². The molecule has 0 aliphatic carbocycles. The Labute approximate surface area is 87.6 Å². The number of hydrogen-bond donors (Lipinski definition) is 2. The SMILES string of the molecule is CC(CC(=N)N)N(C)CCCN(C)C. The van der Waals surface area contributed by atoms with Crippen LogP contribution in [0.2, 0.25) is 0 Å². The van der Waals surface area contributed by atoms with Gasteiger partial charge in [0.1, 0.15) is 0 Å². The molecule has 1 unspecified atom stereocenters. The highest BCUT2D eigenvalue weighted by molar-refractivity contribution is 5.77. The molecule has 0 spiro atoms. The molecule has 3 N–H and O–H groups in total.